The lowest BCUT2D eigenvalue weighted by Crippen LogP contribution is -2.27. The number of amides is 1. The summed E-state index contributed by atoms with van der Waals surface area (Å²) in [6.45, 7) is 14.8. The van der Waals surface area contributed by atoms with E-state index in [0.717, 1.165) is 36.3 Å². The van der Waals surface area contributed by atoms with Crippen LogP contribution in [0.25, 0.3) is 5.70 Å². The first-order valence-corrected chi connectivity index (χ1v) is 17.0. The van der Waals surface area contributed by atoms with Crippen LogP contribution in [-0.2, 0) is 23.7 Å². The van der Waals surface area contributed by atoms with Crippen LogP contribution >= 0.6 is 0 Å². The molecule has 50 heavy (non-hydrogen) atoms. The number of unbranched alkanes of at least 4 members (excludes halogenated alkanes) is 1. The molecule has 0 bridgehead atoms. The molecule has 14 nitrogen and oxygen atoms in total. The number of nitrogens with zero attached hydrogens (tertiary/aromatic N) is 3. The number of terminal acetylenes is 1. The number of hydrogen-bond acceptors (Lipinski definition) is 13. The van der Waals surface area contributed by atoms with Gasteiger partial charge in [-0.25, -0.2) is 0 Å². The molecule has 1 aromatic carbocycles. The van der Waals surface area contributed by atoms with Crippen molar-refractivity contribution in [1.82, 2.24) is 25.6 Å². The molecule has 1 aromatic heterocycles. The van der Waals surface area contributed by atoms with Gasteiger partial charge in [0.25, 0.3) is 0 Å². The van der Waals surface area contributed by atoms with Gasteiger partial charge in [-0.2, -0.15) is 15.0 Å². The molecule has 14 heteroatoms. The van der Waals surface area contributed by atoms with Gasteiger partial charge < -0.3 is 51.3 Å². The number of aromatic nitrogens is 3. The third-order valence-electron chi connectivity index (χ3n) is 6.43. The molecule has 0 saturated heterocycles. The van der Waals surface area contributed by atoms with E-state index in [-0.39, 0.29) is 12.3 Å². The molecule has 0 saturated carbocycles. The van der Waals surface area contributed by atoms with Crippen molar-refractivity contribution in [2.24, 2.45) is 5.73 Å². The molecule has 2 aromatic rings. The molecule has 0 atom stereocenters. The van der Waals surface area contributed by atoms with Crippen LogP contribution in [0, 0.1) is 12.8 Å². The van der Waals surface area contributed by atoms with Crippen molar-refractivity contribution >= 4 is 29.4 Å². The zero-order valence-electron chi connectivity index (χ0n) is 29.8. The summed E-state index contributed by atoms with van der Waals surface area (Å²) in [5.41, 5.74) is 8.05. The molecule has 0 aliphatic heterocycles. The number of carbonyl (C=O) groups is 1. The normalized spacial score (nSPS) is 11.0. The first kappa shape index (κ1) is 43.5. The van der Waals surface area contributed by atoms with Crippen LogP contribution in [0.3, 0.4) is 0 Å². The minimum atomic E-state index is -0.102. The number of allylic oxidation sites excluding steroid dienone is 2. The topological polar surface area (TPSA) is 179 Å². The fraction of sp³-hybridized carbons (Fsp3) is 0.500. The third kappa shape index (κ3) is 22.2. The predicted molar refractivity (Wildman–Crippen MR) is 202 cm³/mol. The zero-order chi connectivity index (χ0) is 36.5. The Morgan fingerprint density at radius 1 is 0.800 bits per heavy atom. The van der Waals surface area contributed by atoms with Crippen molar-refractivity contribution in [2.45, 2.75) is 33.1 Å². The fourth-order valence-corrected chi connectivity index (χ4v) is 3.91. The lowest BCUT2D eigenvalue weighted by Gasteiger charge is -2.12. The van der Waals surface area contributed by atoms with Gasteiger partial charge in [-0.05, 0) is 25.0 Å². The smallest absolute Gasteiger partial charge is 0.233 e. The van der Waals surface area contributed by atoms with Gasteiger partial charge in [-0.15, -0.1) is 12.8 Å². The maximum Gasteiger partial charge on any atom is 0.233 e. The molecule has 0 fully saturated rings. The monoisotopic (exact) mass is 695 g/mol. The molecular formula is C36H57N9O5. The van der Waals surface area contributed by atoms with E-state index >= 15 is 0 Å². The summed E-state index contributed by atoms with van der Waals surface area (Å²) in [6, 6.07) is 9.99. The maximum atomic E-state index is 12.2. The predicted octanol–water partition coefficient (Wildman–Crippen LogP) is 3.41. The summed E-state index contributed by atoms with van der Waals surface area (Å²) in [6.07, 6.45) is 15.7. The van der Waals surface area contributed by atoms with Gasteiger partial charge in [-0.1, -0.05) is 62.4 Å². The molecule has 276 valence electrons. The minimum Gasteiger partial charge on any atom is -0.383 e. The number of nitrogens with two attached hydrogens (primary N) is 1. The van der Waals surface area contributed by atoms with Crippen LogP contribution in [0.4, 0.5) is 17.8 Å². The van der Waals surface area contributed by atoms with Crippen LogP contribution < -0.4 is 32.3 Å². The molecule has 0 aliphatic rings. The molecule has 0 aliphatic carbocycles. The Bertz CT molecular complexity index is 1260. The van der Waals surface area contributed by atoms with Crippen LogP contribution in [0.5, 0.6) is 0 Å². The number of benzene rings is 1. The SMILES string of the molecule is C#C.C=C(NCCOCCOCCNc1nc(NCCCC)nc(NC(/C=C\CC(=O)NCCOCCOCCN)=C/C)n1)c1ccccc1. The summed E-state index contributed by atoms with van der Waals surface area (Å²) in [5, 5.41) is 15.8. The van der Waals surface area contributed by atoms with Gasteiger partial charge in [-0.3, -0.25) is 4.79 Å². The Morgan fingerprint density at radius 2 is 1.36 bits per heavy atom. The number of nitrogens with one attached hydrogen (secondary N) is 5. The molecule has 0 radical (unpaired) electrons. The van der Waals surface area contributed by atoms with E-state index in [1.165, 1.54) is 0 Å². The lowest BCUT2D eigenvalue weighted by atomic mass is 10.2. The largest absolute Gasteiger partial charge is 0.383 e. The summed E-state index contributed by atoms with van der Waals surface area (Å²) in [4.78, 5) is 25.7. The lowest BCUT2D eigenvalue weighted by molar-refractivity contribution is -0.120. The Morgan fingerprint density at radius 3 is 1.96 bits per heavy atom. The Hall–Kier alpha value is -4.52. The van der Waals surface area contributed by atoms with Crippen molar-refractivity contribution in [3.05, 3.63) is 66.4 Å². The number of anilines is 3. The van der Waals surface area contributed by atoms with Crippen molar-refractivity contribution in [2.75, 3.05) is 102 Å². The first-order valence-electron chi connectivity index (χ1n) is 17.0. The molecule has 2 rings (SSSR count). The average molecular weight is 696 g/mol. The second-order valence-corrected chi connectivity index (χ2v) is 10.3. The second kappa shape index (κ2) is 30.5. The number of hydrogen-bond donors (Lipinski definition) is 6. The first-order chi connectivity index (χ1) is 24.5. The highest BCUT2D eigenvalue weighted by molar-refractivity contribution is 5.77. The van der Waals surface area contributed by atoms with Gasteiger partial charge in [0.05, 0.1) is 52.9 Å². The molecule has 1 heterocycles. The standard InChI is InChI=1S/C34H55N9O5.C2H2/c1-4-6-16-38-32-41-33(39-19-23-48-27-26-46-21-17-36-28(3)29-11-8-7-9-12-29)43-34(42-32)40-30(5-2)13-10-14-31(44)37-18-22-47-25-24-45-20-15-35;1-2/h5,7-13,36H,3-4,6,14-27,35H2,1-2H3,(H,37,44)(H3,38,39,40,41,42,43);1-2H/b13-10-,30-5+;. The van der Waals surface area contributed by atoms with Crippen LogP contribution in [0.15, 0.2) is 60.8 Å². The van der Waals surface area contributed by atoms with E-state index in [1.807, 2.05) is 49.4 Å². The summed E-state index contributed by atoms with van der Waals surface area (Å²) in [7, 11) is 0. The molecule has 0 spiro atoms. The van der Waals surface area contributed by atoms with E-state index in [0.29, 0.717) is 96.9 Å². The Labute approximate surface area is 298 Å². The molecule has 1 amide bonds. The maximum absolute atomic E-state index is 12.2. The Balaban J connectivity index is 0.00000613. The van der Waals surface area contributed by atoms with E-state index in [9.17, 15) is 4.79 Å². The highest BCUT2D eigenvalue weighted by Gasteiger charge is 2.08. The van der Waals surface area contributed by atoms with Crippen molar-refractivity contribution < 1.29 is 23.7 Å². The van der Waals surface area contributed by atoms with Crippen molar-refractivity contribution in [1.29, 1.82) is 0 Å². The second-order valence-electron chi connectivity index (χ2n) is 10.3. The van der Waals surface area contributed by atoms with Crippen LogP contribution in [0.1, 0.15) is 38.7 Å². The van der Waals surface area contributed by atoms with Gasteiger partial charge in [0.1, 0.15) is 0 Å². The van der Waals surface area contributed by atoms with Crippen molar-refractivity contribution in [3.8, 4) is 12.8 Å². The van der Waals surface area contributed by atoms with Gasteiger partial charge >= 0.3 is 0 Å². The molecule has 7 N–H and O–H groups in total. The van der Waals surface area contributed by atoms with E-state index in [4.69, 9.17) is 24.7 Å². The van der Waals surface area contributed by atoms with Gasteiger partial charge in [0.2, 0.25) is 23.8 Å². The highest BCUT2D eigenvalue weighted by atomic mass is 16.5. The number of ether oxygens (including phenoxy) is 4. The molecule has 0 unspecified atom stereocenters. The number of carbonyl (C=O) groups excluding carboxylic acids is 1. The van der Waals surface area contributed by atoms with E-state index in [2.05, 4.69) is 67.9 Å². The van der Waals surface area contributed by atoms with Gasteiger partial charge in [0.15, 0.2) is 0 Å². The fourth-order valence-electron chi connectivity index (χ4n) is 3.91. The van der Waals surface area contributed by atoms with Crippen molar-refractivity contribution in [3.63, 3.8) is 0 Å². The number of rotatable bonds is 29. The minimum absolute atomic E-state index is 0.102. The van der Waals surface area contributed by atoms with E-state index in [1.54, 1.807) is 6.08 Å². The summed E-state index contributed by atoms with van der Waals surface area (Å²) < 4.78 is 22.0. The summed E-state index contributed by atoms with van der Waals surface area (Å²) >= 11 is 0. The highest BCUT2D eigenvalue weighted by Crippen LogP contribution is 2.12. The Kier molecular flexibility index (Phi) is 26.6. The molecular weight excluding hydrogens is 638 g/mol. The van der Waals surface area contributed by atoms with Crippen LogP contribution in [-0.4, -0.2) is 106 Å². The van der Waals surface area contributed by atoms with Crippen LogP contribution in [0.2, 0.25) is 0 Å². The zero-order valence-corrected chi connectivity index (χ0v) is 29.8. The van der Waals surface area contributed by atoms with Gasteiger partial charge in [0, 0.05) is 50.5 Å². The summed E-state index contributed by atoms with van der Waals surface area (Å²) in [5.74, 6) is 1.16. The third-order valence-corrected chi connectivity index (χ3v) is 6.43. The quantitative estimate of drug-likeness (QED) is 0.0415. The van der Waals surface area contributed by atoms with E-state index < -0.39 is 0 Å². The average Bonchev–Trinajstić information content (AvgIpc) is 3.14.